The predicted octanol–water partition coefficient (Wildman–Crippen LogP) is 1.48. The minimum absolute atomic E-state index is 0.00693. The molecule has 1 heterocycles. The Bertz CT molecular complexity index is 470. The van der Waals surface area contributed by atoms with Gasteiger partial charge in [-0.25, -0.2) is 9.18 Å². The number of carbonyl (C=O) groups excluding carboxylic acids is 1. The molecule has 2 rings (SSSR count). The van der Waals surface area contributed by atoms with Crippen LogP contribution >= 0.6 is 0 Å². The lowest BCUT2D eigenvalue weighted by atomic mass is 10.0. The summed E-state index contributed by atoms with van der Waals surface area (Å²) in [6.07, 6.45) is 2.34. The van der Waals surface area contributed by atoms with Crippen LogP contribution in [0.2, 0.25) is 0 Å². The van der Waals surface area contributed by atoms with Gasteiger partial charge in [-0.3, -0.25) is 0 Å². The van der Waals surface area contributed by atoms with Crippen molar-refractivity contribution in [2.45, 2.75) is 25.3 Å². The molecular formula is C15H22FN3O2. The van der Waals surface area contributed by atoms with E-state index >= 15 is 0 Å². The van der Waals surface area contributed by atoms with Crippen molar-refractivity contribution in [1.29, 1.82) is 0 Å². The largest absolute Gasteiger partial charge is 0.396 e. The van der Waals surface area contributed by atoms with E-state index in [0.717, 1.165) is 19.4 Å². The average molecular weight is 295 g/mol. The van der Waals surface area contributed by atoms with Crippen molar-refractivity contribution in [3.05, 3.63) is 30.1 Å². The Balaban J connectivity index is 1.86. The van der Waals surface area contributed by atoms with Gasteiger partial charge in [0.1, 0.15) is 5.82 Å². The predicted molar refractivity (Wildman–Crippen MR) is 79.9 cm³/mol. The molecule has 1 saturated heterocycles. The first-order valence-electron chi connectivity index (χ1n) is 7.35. The van der Waals surface area contributed by atoms with Crippen LogP contribution in [0, 0.1) is 5.82 Å². The highest BCUT2D eigenvalue weighted by Gasteiger charge is 2.22. The van der Waals surface area contributed by atoms with E-state index < -0.39 is 0 Å². The second-order valence-corrected chi connectivity index (χ2v) is 5.21. The van der Waals surface area contributed by atoms with Crippen LogP contribution < -0.4 is 15.5 Å². The maximum absolute atomic E-state index is 13.8. The van der Waals surface area contributed by atoms with E-state index in [0.29, 0.717) is 25.2 Å². The molecule has 5 nitrogen and oxygen atoms in total. The Morgan fingerprint density at radius 1 is 1.43 bits per heavy atom. The Morgan fingerprint density at radius 3 is 3.00 bits per heavy atom. The first kappa shape index (κ1) is 15.6. The number of hydrogen-bond donors (Lipinski definition) is 3. The quantitative estimate of drug-likeness (QED) is 0.721. The molecule has 1 aliphatic heterocycles. The van der Waals surface area contributed by atoms with Gasteiger partial charge in [0.15, 0.2) is 0 Å². The summed E-state index contributed by atoms with van der Waals surface area (Å²) in [5.74, 6) is -0.231. The number of anilines is 1. The number of amides is 2. The van der Waals surface area contributed by atoms with Crippen LogP contribution in [0.15, 0.2) is 24.3 Å². The number of nitrogens with zero attached hydrogens (tertiary/aromatic N) is 1. The number of para-hydroxylation sites is 1. The zero-order chi connectivity index (χ0) is 15.1. The summed E-state index contributed by atoms with van der Waals surface area (Å²) in [5.41, 5.74) is 0.588. The third kappa shape index (κ3) is 4.60. The van der Waals surface area contributed by atoms with Gasteiger partial charge in [0.05, 0.1) is 5.69 Å². The molecule has 0 radical (unpaired) electrons. The molecule has 1 atom stereocenters. The van der Waals surface area contributed by atoms with Gasteiger partial charge in [-0.15, -0.1) is 0 Å². The molecule has 0 saturated carbocycles. The number of rotatable bonds is 5. The van der Waals surface area contributed by atoms with E-state index in [1.165, 1.54) is 6.07 Å². The van der Waals surface area contributed by atoms with E-state index in [2.05, 4.69) is 10.6 Å². The molecule has 0 bridgehead atoms. The van der Waals surface area contributed by atoms with Gasteiger partial charge in [0.25, 0.3) is 0 Å². The van der Waals surface area contributed by atoms with Crippen LogP contribution in [0.3, 0.4) is 0 Å². The minimum Gasteiger partial charge on any atom is -0.396 e. The number of halogens is 1. The normalized spacial score (nSPS) is 18.4. The fourth-order valence-corrected chi connectivity index (χ4v) is 2.54. The van der Waals surface area contributed by atoms with Crippen LogP contribution in [-0.2, 0) is 0 Å². The Labute approximate surface area is 124 Å². The molecule has 1 aromatic carbocycles. The highest BCUT2D eigenvalue weighted by molar-refractivity contribution is 5.74. The second-order valence-electron chi connectivity index (χ2n) is 5.21. The minimum atomic E-state index is -0.233. The zero-order valence-corrected chi connectivity index (χ0v) is 12.0. The number of carbonyl (C=O) groups is 1. The highest BCUT2D eigenvalue weighted by atomic mass is 19.1. The van der Waals surface area contributed by atoms with E-state index in [9.17, 15) is 9.18 Å². The standard InChI is InChI=1S/C15H22FN3O2/c16-13-6-1-2-7-14(13)19-9-3-5-12(11-19)18-15(21)17-8-4-10-20/h1-2,6-7,12,20H,3-5,8-11H2,(H2,17,18,21). The fourth-order valence-electron chi connectivity index (χ4n) is 2.54. The van der Waals surface area contributed by atoms with Crippen LogP contribution in [0.4, 0.5) is 14.9 Å². The first-order chi connectivity index (χ1) is 10.2. The number of nitrogens with one attached hydrogen (secondary N) is 2. The molecule has 1 unspecified atom stereocenters. The third-order valence-corrected chi connectivity index (χ3v) is 3.57. The van der Waals surface area contributed by atoms with Crippen molar-refractivity contribution in [3.63, 3.8) is 0 Å². The summed E-state index contributed by atoms with van der Waals surface area (Å²) in [6, 6.07) is 6.48. The van der Waals surface area contributed by atoms with E-state index in [1.54, 1.807) is 12.1 Å². The fraction of sp³-hybridized carbons (Fsp3) is 0.533. The van der Waals surface area contributed by atoms with E-state index in [1.807, 2.05) is 11.0 Å². The lowest BCUT2D eigenvalue weighted by Crippen LogP contribution is -2.50. The highest BCUT2D eigenvalue weighted by Crippen LogP contribution is 2.22. The monoisotopic (exact) mass is 295 g/mol. The molecule has 21 heavy (non-hydrogen) atoms. The van der Waals surface area contributed by atoms with Gasteiger partial charge in [-0.1, -0.05) is 12.1 Å². The number of urea groups is 1. The topological polar surface area (TPSA) is 64.6 Å². The lowest BCUT2D eigenvalue weighted by molar-refractivity contribution is 0.232. The van der Waals surface area contributed by atoms with Crippen LogP contribution in [0.5, 0.6) is 0 Å². The van der Waals surface area contributed by atoms with Gasteiger partial charge in [-0.05, 0) is 31.4 Å². The van der Waals surface area contributed by atoms with Crippen molar-refractivity contribution in [3.8, 4) is 0 Å². The summed E-state index contributed by atoms with van der Waals surface area (Å²) in [6.45, 7) is 1.91. The Hall–Kier alpha value is -1.82. The second kappa shape index (κ2) is 7.83. The van der Waals surface area contributed by atoms with Crippen molar-refractivity contribution in [1.82, 2.24) is 10.6 Å². The molecule has 1 aliphatic rings. The molecule has 116 valence electrons. The summed E-state index contributed by atoms with van der Waals surface area (Å²) in [5, 5.41) is 14.3. The lowest BCUT2D eigenvalue weighted by Gasteiger charge is -2.34. The van der Waals surface area contributed by atoms with Crippen molar-refractivity contribution < 1.29 is 14.3 Å². The molecule has 0 aliphatic carbocycles. The molecule has 0 spiro atoms. The summed E-state index contributed by atoms with van der Waals surface area (Å²) < 4.78 is 13.8. The van der Waals surface area contributed by atoms with Gasteiger partial charge in [-0.2, -0.15) is 0 Å². The van der Waals surface area contributed by atoms with Gasteiger partial charge >= 0.3 is 6.03 Å². The summed E-state index contributed by atoms with van der Waals surface area (Å²) in [7, 11) is 0. The first-order valence-corrected chi connectivity index (χ1v) is 7.35. The zero-order valence-electron chi connectivity index (χ0n) is 12.0. The summed E-state index contributed by atoms with van der Waals surface area (Å²) in [4.78, 5) is 13.7. The maximum Gasteiger partial charge on any atom is 0.315 e. The van der Waals surface area contributed by atoms with Crippen molar-refractivity contribution in [2.24, 2.45) is 0 Å². The van der Waals surface area contributed by atoms with Crippen molar-refractivity contribution in [2.75, 3.05) is 31.1 Å². The smallest absolute Gasteiger partial charge is 0.315 e. The van der Waals surface area contributed by atoms with Crippen LogP contribution in [0.1, 0.15) is 19.3 Å². The van der Waals surface area contributed by atoms with E-state index in [4.69, 9.17) is 5.11 Å². The molecular weight excluding hydrogens is 273 g/mol. The molecule has 1 aromatic rings. The summed E-state index contributed by atoms with van der Waals surface area (Å²) >= 11 is 0. The van der Waals surface area contributed by atoms with Crippen molar-refractivity contribution >= 4 is 11.7 Å². The Morgan fingerprint density at radius 2 is 2.24 bits per heavy atom. The van der Waals surface area contributed by atoms with Gasteiger partial charge in [0.2, 0.25) is 0 Å². The Kier molecular flexibility index (Phi) is 5.80. The number of hydrogen-bond acceptors (Lipinski definition) is 3. The maximum atomic E-state index is 13.8. The number of benzene rings is 1. The van der Waals surface area contributed by atoms with Gasteiger partial charge < -0.3 is 20.6 Å². The number of aliphatic hydroxyl groups excluding tert-OH is 1. The molecule has 2 amide bonds. The third-order valence-electron chi connectivity index (χ3n) is 3.57. The SMILES string of the molecule is O=C(NCCCO)NC1CCCN(c2ccccc2F)C1. The van der Waals surface area contributed by atoms with Crippen LogP contribution in [-0.4, -0.2) is 43.4 Å². The average Bonchev–Trinajstić information content (AvgIpc) is 2.48. The number of piperidine rings is 1. The molecule has 1 fully saturated rings. The number of aliphatic hydroxyl groups is 1. The molecule has 6 heteroatoms. The molecule has 0 aromatic heterocycles. The van der Waals surface area contributed by atoms with Crippen LogP contribution in [0.25, 0.3) is 0 Å². The molecule has 3 N–H and O–H groups in total. The van der Waals surface area contributed by atoms with E-state index in [-0.39, 0.29) is 24.5 Å². The van der Waals surface area contributed by atoms with Gasteiger partial charge in [0, 0.05) is 32.3 Å².